The van der Waals surface area contributed by atoms with Gasteiger partial charge in [-0.25, -0.2) is 4.79 Å². The molecule has 110 valence electrons. The van der Waals surface area contributed by atoms with Crippen LogP contribution in [0.5, 0.6) is 0 Å². The molecule has 0 heterocycles. The molecule has 0 saturated heterocycles. The number of carbonyl (C=O) groups excluding carboxylic acids is 1. The van der Waals surface area contributed by atoms with Crippen molar-refractivity contribution in [2.75, 3.05) is 13.7 Å². The van der Waals surface area contributed by atoms with Crippen molar-refractivity contribution in [3.05, 3.63) is 0 Å². The predicted octanol–water partition coefficient (Wildman–Crippen LogP) is 2.51. The molecule has 2 fully saturated rings. The van der Waals surface area contributed by atoms with Gasteiger partial charge in [0.15, 0.2) is 0 Å². The van der Waals surface area contributed by atoms with Gasteiger partial charge in [-0.1, -0.05) is 19.3 Å². The van der Waals surface area contributed by atoms with Gasteiger partial charge in [0, 0.05) is 25.7 Å². The van der Waals surface area contributed by atoms with Crippen molar-refractivity contribution in [3.8, 4) is 0 Å². The molecule has 0 spiro atoms. The molecule has 2 N–H and O–H groups in total. The second-order valence-corrected chi connectivity index (χ2v) is 6.25. The van der Waals surface area contributed by atoms with Crippen LogP contribution in [-0.4, -0.2) is 41.8 Å². The Hall–Kier alpha value is -0.770. The molecule has 4 heteroatoms. The quantitative estimate of drug-likeness (QED) is 0.826. The van der Waals surface area contributed by atoms with Gasteiger partial charge >= 0.3 is 6.03 Å². The lowest BCUT2D eigenvalue weighted by Crippen LogP contribution is -2.48. The Morgan fingerprint density at radius 2 is 1.74 bits per heavy atom. The molecule has 0 unspecified atom stereocenters. The molecule has 2 amide bonds. The highest BCUT2D eigenvalue weighted by Gasteiger charge is 2.27. The number of hydrogen-bond donors (Lipinski definition) is 2. The fraction of sp³-hybridized carbons (Fsp3) is 0.933. The Labute approximate surface area is 116 Å². The number of hydrogen-bond acceptors (Lipinski definition) is 2. The van der Waals surface area contributed by atoms with Gasteiger partial charge in [-0.15, -0.1) is 0 Å². The zero-order chi connectivity index (χ0) is 13.7. The minimum absolute atomic E-state index is 0.0966. The monoisotopic (exact) mass is 268 g/mol. The van der Waals surface area contributed by atoms with Gasteiger partial charge in [0.25, 0.3) is 0 Å². The molecule has 19 heavy (non-hydrogen) atoms. The molecule has 0 atom stereocenters. The van der Waals surface area contributed by atoms with Crippen LogP contribution in [0, 0.1) is 5.92 Å². The minimum Gasteiger partial charge on any atom is -0.396 e. The van der Waals surface area contributed by atoms with E-state index in [1.165, 1.54) is 19.3 Å². The second kappa shape index (κ2) is 7.13. The van der Waals surface area contributed by atoms with Crippen molar-refractivity contribution in [2.45, 2.75) is 69.9 Å². The van der Waals surface area contributed by atoms with E-state index >= 15 is 0 Å². The van der Waals surface area contributed by atoms with Gasteiger partial charge in [-0.05, 0) is 44.4 Å². The first-order valence-corrected chi connectivity index (χ1v) is 7.85. The van der Waals surface area contributed by atoms with Crippen LogP contribution >= 0.6 is 0 Å². The summed E-state index contributed by atoms with van der Waals surface area (Å²) in [5.74, 6) is 0.450. The SMILES string of the molecule is CN(C(=O)NC1CCCCC1)C1CCC(CO)CC1. The molecular formula is C15H28N2O2. The van der Waals surface area contributed by atoms with E-state index in [-0.39, 0.29) is 6.03 Å². The van der Waals surface area contributed by atoms with Crippen molar-refractivity contribution >= 4 is 6.03 Å². The summed E-state index contributed by atoms with van der Waals surface area (Å²) in [6, 6.07) is 0.836. The van der Waals surface area contributed by atoms with Crippen LogP contribution in [-0.2, 0) is 0 Å². The van der Waals surface area contributed by atoms with Crippen molar-refractivity contribution in [1.82, 2.24) is 10.2 Å². The molecule has 2 aliphatic carbocycles. The molecule has 2 rings (SSSR count). The Morgan fingerprint density at radius 3 is 2.32 bits per heavy atom. The van der Waals surface area contributed by atoms with Gasteiger partial charge in [-0.3, -0.25) is 0 Å². The smallest absolute Gasteiger partial charge is 0.317 e. The number of nitrogens with one attached hydrogen (secondary N) is 1. The summed E-state index contributed by atoms with van der Waals surface area (Å²) >= 11 is 0. The molecule has 0 radical (unpaired) electrons. The van der Waals surface area contributed by atoms with Crippen LogP contribution in [0.4, 0.5) is 4.79 Å². The third kappa shape index (κ3) is 4.10. The van der Waals surface area contributed by atoms with E-state index in [4.69, 9.17) is 5.11 Å². The summed E-state index contributed by atoms with van der Waals surface area (Å²) in [5.41, 5.74) is 0. The summed E-state index contributed by atoms with van der Waals surface area (Å²) in [6.07, 6.45) is 10.2. The average Bonchev–Trinajstić information content (AvgIpc) is 2.47. The normalized spacial score (nSPS) is 28.9. The van der Waals surface area contributed by atoms with E-state index in [0.29, 0.717) is 24.6 Å². The maximum absolute atomic E-state index is 12.2. The first-order chi connectivity index (χ1) is 9.20. The van der Waals surface area contributed by atoms with Gasteiger partial charge in [-0.2, -0.15) is 0 Å². The van der Waals surface area contributed by atoms with E-state index in [0.717, 1.165) is 38.5 Å². The number of amides is 2. The fourth-order valence-corrected chi connectivity index (χ4v) is 3.40. The first kappa shape index (κ1) is 14.6. The standard InChI is InChI=1S/C15H28N2O2/c1-17(14-9-7-12(11-18)8-10-14)15(19)16-13-5-3-2-4-6-13/h12-14,18H,2-11H2,1H3,(H,16,19). The molecule has 0 aromatic rings. The lowest BCUT2D eigenvalue weighted by atomic mass is 9.86. The zero-order valence-corrected chi connectivity index (χ0v) is 12.1. The number of aliphatic hydroxyl groups excluding tert-OH is 1. The van der Waals surface area contributed by atoms with Crippen molar-refractivity contribution in [1.29, 1.82) is 0 Å². The van der Waals surface area contributed by atoms with Crippen LogP contribution in [0.25, 0.3) is 0 Å². The summed E-state index contributed by atoms with van der Waals surface area (Å²) in [5, 5.41) is 12.3. The van der Waals surface area contributed by atoms with Crippen LogP contribution < -0.4 is 5.32 Å². The summed E-state index contributed by atoms with van der Waals surface area (Å²) in [6.45, 7) is 0.296. The highest BCUT2D eigenvalue weighted by Crippen LogP contribution is 2.27. The van der Waals surface area contributed by atoms with E-state index < -0.39 is 0 Å². The summed E-state index contributed by atoms with van der Waals surface area (Å²) < 4.78 is 0. The molecule has 0 aliphatic heterocycles. The molecule has 0 bridgehead atoms. The molecule has 0 aromatic heterocycles. The Bertz CT molecular complexity index is 282. The van der Waals surface area contributed by atoms with E-state index in [1.54, 1.807) is 0 Å². The second-order valence-electron chi connectivity index (χ2n) is 6.25. The molecule has 2 aliphatic rings. The first-order valence-electron chi connectivity index (χ1n) is 7.85. The van der Waals surface area contributed by atoms with Gasteiger partial charge in [0.1, 0.15) is 0 Å². The highest BCUT2D eigenvalue weighted by molar-refractivity contribution is 5.74. The lowest BCUT2D eigenvalue weighted by molar-refractivity contribution is 0.131. The molecule has 4 nitrogen and oxygen atoms in total. The van der Waals surface area contributed by atoms with E-state index in [2.05, 4.69) is 5.32 Å². The van der Waals surface area contributed by atoms with E-state index in [1.807, 2.05) is 11.9 Å². The molecule has 0 aromatic carbocycles. The number of urea groups is 1. The van der Waals surface area contributed by atoms with Crippen LogP contribution in [0.3, 0.4) is 0 Å². The van der Waals surface area contributed by atoms with Crippen molar-refractivity contribution < 1.29 is 9.90 Å². The number of nitrogens with zero attached hydrogens (tertiary/aromatic N) is 1. The highest BCUT2D eigenvalue weighted by atomic mass is 16.3. The van der Waals surface area contributed by atoms with Crippen LogP contribution in [0.15, 0.2) is 0 Å². The van der Waals surface area contributed by atoms with Crippen molar-refractivity contribution in [3.63, 3.8) is 0 Å². The Balaban J connectivity index is 1.75. The average molecular weight is 268 g/mol. The molecule has 2 saturated carbocycles. The number of rotatable bonds is 3. The van der Waals surface area contributed by atoms with Gasteiger partial charge < -0.3 is 15.3 Å². The van der Waals surface area contributed by atoms with Crippen LogP contribution in [0.2, 0.25) is 0 Å². The Morgan fingerprint density at radius 1 is 1.11 bits per heavy atom. The number of aliphatic hydroxyl groups is 1. The molecular weight excluding hydrogens is 240 g/mol. The Kier molecular flexibility index (Phi) is 5.49. The summed E-state index contributed by atoms with van der Waals surface area (Å²) in [7, 11) is 1.92. The third-order valence-electron chi connectivity index (χ3n) is 4.88. The number of carbonyl (C=O) groups is 1. The van der Waals surface area contributed by atoms with E-state index in [9.17, 15) is 4.79 Å². The third-order valence-corrected chi connectivity index (χ3v) is 4.88. The van der Waals surface area contributed by atoms with Crippen molar-refractivity contribution in [2.24, 2.45) is 5.92 Å². The maximum Gasteiger partial charge on any atom is 0.317 e. The fourth-order valence-electron chi connectivity index (χ4n) is 3.40. The van der Waals surface area contributed by atoms with Gasteiger partial charge in [0.05, 0.1) is 0 Å². The summed E-state index contributed by atoms with van der Waals surface area (Å²) in [4.78, 5) is 14.1. The predicted molar refractivity (Wildman–Crippen MR) is 76.0 cm³/mol. The lowest BCUT2D eigenvalue weighted by Gasteiger charge is -2.35. The van der Waals surface area contributed by atoms with Crippen LogP contribution in [0.1, 0.15) is 57.8 Å². The largest absolute Gasteiger partial charge is 0.396 e. The topological polar surface area (TPSA) is 52.6 Å². The van der Waals surface area contributed by atoms with Gasteiger partial charge in [0.2, 0.25) is 0 Å². The zero-order valence-electron chi connectivity index (χ0n) is 12.1. The maximum atomic E-state index is 12.2. The minimum atomic E-state index is 0.0966.